The zero-order chi connectivity index (χ0) is 66.9. The van der Waals surface area contributed by atoms with Crippen molar-refractivity contribution in [2.45, 2.75) is 380 Å². The first kappa shape index (κ1) is 89.2. The molecule has 0 bridgehead atoms. The van der Waals surface area contributed by atoms with E-state index in [-0.39, 0.29) is 32.0 Å². The van der Waals surface area contributed by atoms with Gasteiger partial charge in [-0.3, -0.25) is 14.2 Å². The molecule has 0 amide bonds. The van der Waals surface area contributed by atoms with Crippen LogP contribution in [0, 0.1) is 0 Å². The standard InChI is InChI=1S/C82H150NO8P/c1-6-8-10-12-14-16-18-20-22-24-26-28-30-32-34-36-38-40-41-43-45-47-49-51-53-55-57-59-61-63-65-67-69-71-73-75-82(85)91-80(79-90-92(86,87)89-77-76-83(3,4)5)78-88-81(84)74-72-70-68-66-64-62-60-58-56-54-52-50-48-46-44-42-39-37-35-33-31-29-27-25-23-21-19-17-15-13-11-9-7-2/h8,10,14,16,20,22,25-28,32,34,38,40,80H,6-7,9,11-13,15,17-19,21,23-24,29-31,33,35-37,39,41-79H2,1-5H3/b10-8-,16-14-,22-20-,27-25-,28-26-,34-32-,40-38-. The van der Waals surface area contributed by atoms with Crippen molar-refractivity contribution in [3.05, 3.63) is 85.1 Å². The summed E-state index contributed by atoms with van der Waals surface area (Å²) in [5.41, 5.74) is 0. The van der Waals surface area contributed by atoms with E-state index in [1.165, 1.54) is 263 Å². The van der Waals surface area contributed by atoms with E-state index in [0.717, 1.165) is 77.0 Å². The monoisotopic (exact) mass is 1310 g/mol. The summed E-state index contributed by atoms with van der Waals surface area (Å²) in [6, 6.07) is 0. The Morgan fingerprint density at radius 1 is 0.348 bits per heavy atom. The van der Waals surface area contributed by atoms with Crippen molar-refractivity contribution in [1.29, 1.82) is 0 Å². The summed E-state index contributed by atoms with van der Waals surface area (Å²) in [6.45, 7) is 4.18. The maximum Gasteiger partial charge on any atom is 0.306 e. The van der Waals surface area contributed by atoms with E-state index >= 15 is 0 Å². The smallest absolute Gasteiger partial charge is 0.306 e. The number of carbonyl (C=O) groups is 2. The molecule has 536 valence electrons. The Morgan fingerprint density at radius 2 is 0.620 bits per heavy atom. The van der Waals surface area contributed by atoms with Gasteiger partial charge < -0.3 is 27.9 Å². The van der Waals surface area contributed by atoms with E-state index in [2.05, 4.69) is 98.9 Å². The molecule has 0 saturated carbocycles. The third-order valence-corrected chi connectivity index (χ3v) is 18.4. The molecule has 0 aromatic carbocycles. The molecule has 0 aromatic heterocycles. The Labute approximate surface area is 571 Å². The van der Waals surface area contributed by atoms with E-state index in [1.807, 2.05) is 21.1 Å². The number of phosphoric acid groups is 1. The van der Waals surface area contributed by atoms with Crippen LogP contribution in [0.2, 0.25) is 0 Å². The summed E-state index contributed by atoms with van der Waals surface area (Å²) in [5, 5.41) is 0. The van der Waals surface area contributed by atoms with Gasteiger partial charge in [-0.1, -0.05) is 356 Å². The van der Waals surface area contributed by atoms with Crippen LogP contribution in [0.25, 0.3) is 0 Å². The summed E-state index contributed by atoms with van der Waals surface area (Å²) in [7, 11) is 1.18. The second-order valence-corrected chi connectivity index (χ2v) is 29.1. The molecule has 9 nitrogen and oxygen atoms in total. The fraction of sp³-hybridized carbons (Fsp3) is 0.805. The molecule has 0 heterocycles. The number of esters is 2. The number of likely N-dealkylation sites (N-methyl/N-ethyl adjacent to an activating group) is 1. The maximum atomic E-state index is 12.9. The van der Waals surface area contributed by atoms with E-state index < -0.39 is 26.5 Å². The number of hydrogen-bond donors (Lipinski definition) is 0. The fourth-order valence-electron chi connectivity index (χ4n) is 11.4. The van der Waals surface area contributed by atoms with Gasteiger partial charge in [0.2, 0.25) is 0 Å². The van der Waals surface area contributed by atoms with Crippen molar-refractivity contribution in [3.8, 4) is 0 Å². The number of hydrogen-bond acceptors (Lipinski definition) is 8. The molecule has 0 aliphatic rings. The predicted molar refractivity (Wildman–Crippen MR) is 397 cm³/mol. The molecule has 2 atom stereocenters. The van der Waals surface area contributed by atoms with E-state index in [1.54, 1.807) is 0 Å². The number of rotatable bonds is 73. The van der Waals surface area contributed by atoms with Crippen LogP contribution in [0.1, 0.15) is 373 Å². The van der Waals surface area contributed by atoms with Gasteiger partial charge >= 0.3 is 11.9 Å². The molecule has 0 aliphatic carbocycles. The van der Waals surface area contributed by atoms with Crippen molar-refractivity contribution >= 4 is 19.8 Å². The van der Waals surface area contributed by atoms with Crippen LogP contribution in [0.5, 0.6) is 0 Å². The lowest BCUT2D eigenvalue weighted by Gasteiger charge is -2.28. The maximum absolute atomic E-state index is 12.9. The molecule has 0 saturated heterocycles. The van der Waals surface area contributed by atoms with Gasteiger partial charge in [0.1, 0.15) is 19.8 Å². The zero-order valence-electron chi connectivity index (χ0n) is 61.2. The van der Waals surface area contributed by atoms with Crippen LogP contribution >= 0.6 is 7.82 Å². The van der Waals surface area contributed by atoms with Gasteiger partial charge in [0.25, 0.3) is 7.82 Å². The third kappa shape index (κ3) is 76.2. The molecular formula is C82H150NO8P. The Balaban J connectivity index is 3.96. The molecular weight excluding hydrogens is 1160 g/mol. The highest BCUT2D eigenvalue weighted by atomic mass is 31.2. The minimum absolute atomic E-state index is 0.0307. The molecule has 2 unspecified atom stereocenters. The number of nitrogens with zero attached hydrogens (tertiary/aromatic N) is 1. The summed E-state index contributed by atoms with van der Waals surface area (Å²) >= 11 is 0. The van der Waals surface area contributed by atoms with E-state index in [0.29, 0.717) is 17.4 Å². The molecule has 92 heavy (non-hydrogen) atoms. The largest absolute Gasteiger partial charge is 0.756 e. The van der Waals surface area contributed by atoms with Crippen molar-refractivity contribution in [2.75, 3.05) is 47.5 Å². The first-order valence-corrected chi connectivity index (χ1v) is 40.8. The van der Waals surface area contributed by atoms with Crippen LogP contribution < -0.4 is 4.89 Å². The van der Waals surface area contributed by atoms with E-state index in [4.69, 9.17) is 18.5 Å². The van der Waals surface area contributed by atoms with Crippen molar-refractivity contribution in [1.82, 2.24) is 0 Å². The molecule has 0 radical (unpaired) electrons. The normalized spacial score (nSPS) is 13.5. The topological polar surface area (TPSA) is 111 Å². The van der Waals surface area contributed by atoms with Crippen molar-refractivity contribution < 1.29 is 42.1 Å². The summed E-state index contributed by atoms with van der Waals surface area (Å²) in [6.07, 6.45) is 99.8. The Bertz CT molecular complexity index is 1830. The molecule has 0 N–H and O–H groups in total. The number of allylic oxidation sites excluding steroid dienone is 14. The lowest BCUT2D eigenvalue weighted by Crippen LogP contribution is -2.37. The molecule has 0 fully saturated rings. The van der Waals surface area contributed by atoms with Gasteiger partial charge in [-0.2, -0.15) is 0 Å². The first-order valence-electron chi connectivity index (χ1n) is 39.3. The van der Waals surface area contributed by atoms with Gasteiger partial charge in [-0.25, -0.2) is 0 Å². The quantitative estimate of drug-likeness (QED) is 0.0195. The second-order valence-electron chi connectivity index (χ2n) is 27.7. The van der Waals surface area contributed by atoms with Crippen molar-refractivity contribution in [2.24, 2.45) is 0 Å². The Kier molecular flexibility index (Phi) is 70.2. The molecule has 0 spiro atoms. The summed E-state index contributed by atoms with van der Waals surface area (Å²) in [4.78, 5) is 38.2. The summed E-state index contributed by atoms with van der Waals surface area (Å²) < 4.78 is 34.4. The fourth-order valence-corrected chi connectivity index (χ4v) is 12.2. The average molecular weight is 1310 g/mol. The van der Waals surface area contributed by atoms with E-state index in [9.17, 15) is 19.0 Å². The molecule has 10 heteroatoms. The SMILES string of the molecule is CC/C=C\C/C=C\C/C=C\C/C=C\C/C=C\C/C=C\CCCCCCCCCCCCCCCCCCC(=O)OC(COC(=O)CCCCCCCCCCCCCCCCCCCCCCC/C=C\CCCCCCCCCC)COP(=O)([O-])OCC[N+](C)(C)C. The number of carbonyl (C=O) groups excluding carboxylic acids is 2. The van der Waals surface area contributed by atoms with Crippen LogP contribution in [0.4, 0.5) is 0 Å². The minimum Gasteiger partial charge on any atom is -0.756 e. The van der Waals surface area contributed by atoms with Crippen LogP contribution in [-0.4, -0.2) is 70.0 Å². The van der Waals surface area contributed by atoms with Crippen molar-refractivity contribution in [3.63, 3.8) is 0 Å². The highest BCUT2D eigenvalue weighted by Gasteiger charge is 2.22. The highest BCUT2D eigenvalue weighted by molar-refractivity contribution is 7.45. The van der Waals surface area contributed by atoms with Gasteiger partial charge in [0, 0.05) is 12.8 Å². The first-order chi connectivity index (χ1) is 45.0. The van der Waals surface area contributed by atoms with Gasteiger partial charge in [-0.05, 0) is 89.9 Å². The molecule has 0 aliphatic heterocycles. The molecule has 0 aromatic rings. The predicted octanol–water partition coefficient (Wildman–Crippen LogP) is 25.4. The summed E-state index contributed by atoms with van der Waals surface area (Å²) in [5.74, 6) is -0.816. The van der Waals surface area contributed by atoms with Gasteiger partial charge in [-0.15, -0.1) is 0 Å². The third-order valence-electron chi connectivity index (χ3n) is 17.4. The number of phosphoric ester groups is 1. The number of quaternary nitrogens is 1. The Morgan fingerprint density at radius 3 is 0.935 bits per heavy atom. The van der Waals surface area contributed by atoms with Gasteiger partial charge in [0.15, 0.2) is 6.10 Å². The zero-order valence-corrected chi connectivity index (χ0v) is 62.1. The number of ether oxygens (including phenoxy) is 2. The second kappa shape index (κ2) is 72.5. The van der Waals surface area contributed by atoms with Crippen LogP contribution in [0.15, 0.2) is 85.1 Å². The average Bonchev–Trinajstić information content (AvgIpc) is 2.14. The molecule has 0 rings (SSSR count). The number of unbranched alkanes of at least 4 members (excludes halogenated alkanes) is 45. The van der Waals surface area contributed by atoms with Crippen LogP contribution in [0.3, 0.4) is 0 Å². The highest BCUT2D eigenvalue weighted by Crippen LogP contribution is 2.38. The minimum atomic E-state index is -4.65. The Hall–Kier alpha value is -2.81. The lowest BCUT2D eigenvalue weighted by atomic mass is 10.0. The van der Waals surface area contributed by atoms with Gasteiger partial charge in [0.05, 0.1) is 27.7 Å². The lowest BCUT2D eigenvalue weighted by molar-refractivity contribution is -0.870. The van der Waals surface area contributed by atoms with Crippen LogP contribution in [-0.2, 0) is 32.7 Å².